The molecule has 3 aromatic rings. The van der Waals surface area contributed by atoms with Crippen molar-refractivity contribution in [3.63, 3.8) is 0 Å². The summed E-state index contributed by atoms with van der Waals surface area (Å²) < 4.78 is 60.9. The molecule has 2 aliphatic carbocycles. The molecule has 246 valence electrons. The maximum Gasteiger partial charge on any atom is 0.167 e. The molecule has 1 fully saturated rings. The van der Waals surface area contributed by atoms with Crippen molar-refractivity contribution in [3.05, 3.63) is 102 Å². The highest BCUT2D eigenvalue weighted by Gasteiger charge is 2.29. The van der Waals surface area contributed by atoms with Crippen LogP contribution in [0, 0.1) is 41.0 Å². The molecule has 1 atom stereocenters. The van der Waals surface area contributed by atoms with Crippen LogP contribution in [-0.2, 0) is 6.42 Å². The molecule has 46 heavy (non-hydrogen) atoms. The normalized spacial score (nSPS) is 20.0. The number of halogens is 4. The lowest BCUT2D eigenvalue weighted by Crippen LogP contribution is -2.22. The van der Waals surface area contributed by atoms with Crippen LogP contribution >= 0.6 is 0 Å². The van der Waals surface area contributed by atoms with E-state index in [1.165, 1.54) is 57.8 Å². The molecule has 0 amide bonds. The summed E-state index contributed by atoms with van der Waals surface area (Å²) >= 11 is 0. The summed E-state index contributed by atoms with van der Waals surface area (Å²) in [6, 6.07) is 13.2. The van der Waals surface area contributed by atoms with Crippen molar-refractivity contribution in [2.45, 2.75) is 110 Å². The molecule has 2 aliphatic rings. The number of hydrogen-bond donors (Lipinski definition) is 0. The number of allylic oxidation sites excluding steroid dienone is 3. The van der Waals surface area contributed by atoms with E-state index < -0.39 is 23.3 Å². The Labute approximate surface area is 274 Å². The first kappa shape index (κ1) is 34.2. The molecule has 0 nitrogen and oxygen atoms in total. The van der Waals surface area contributed by atoms with Crippen LogP contribution in [0.25, 0.3) is 27.8 Å². The Bertz CT molecular complexity index is 1480. The highest BCUT2D eigenvalue weighted by Crippen LogP contribution is 2.42. The van der Waals surface area contributed by atoms with E-state index in [2.05, 4.69) is 25.7 Å². The summed E-state index contributed by atoms with van der Waals surface area (Å²) in [6.45, 7) is 6.15. The van der Waals surface area contributed by atoms with E-state index in [1.54, 1.807) is 48.5 Å². The number of unbranched alkanes of at least 4 members (excludes halogenated alkanes) is 7. The van der Waals surface area contributed by atoms with Gasteiger partial charge < -0.3 is 0 Å². The van der Waals surface area contributed by atoms with Gasteiger partial charge in [0.1, 0.15) is 0 Å². The van der Waals surface area contributed by atoms with Crippen LogP contribution in [0.1, 0.15) is 114 Å². The zero-order valence-electron chi connectivity index (χ0n) is 27.5. The van der Waals surface area contributed by atoms with E-state index >= 15 is 13.2 Å². The lowest BCUT2D eigenvalue weighted by atomic mass is 9.71. The van der Waals surface area contributed by atoms with Gasteiger partial charge in [-0.1, -0.05) is 113 Å². The Kier molecular flexibility index (Phi) is 12.4. The van der Waals surface area contributed by atoms with Gasteiger partial charge in [-0.25, -0.2) is 17.6 Å². The van der Waals surface area contributed by atoms with E-state index in [1.807, 2.05) is 0 Å². The van der Waals surface area contributed by atoms with Crippen LogP contribution in [0.15, 0.2) is 67.3 Å². The molecule has 0 heterocycles. The Morgan fingerprint density at radius 2 is 1.15 bits per heavy atom. The lowest BCUT2D eigenvalue weighted by Gasteiger charge is -2.34. The standard InChI is InChI=1S/C42H50F4/c1-3-5-6-7-8-9-10-11-12-35-25-26-36(40(44)39(35)43)33-21-23-34(24-22-33)38-28-27-37(41(45)42(38)46)32-19-17-31(18-20-32)30-15-13-29(4-2)14-16-30/h4,19,21-31H,2-3,5-18,20H2,1H3. The SMILES string of the molecule is C=CC1CCC(C2CC=C(c3ccc(-c4ccc(-c5ccc(CCCCCCCCCC)c(F)c5F)cc4)c(F)c3F)CC2)CC1. The predicted octanol–water partition coefficient (Wildman–Crippen LogP) is 13.4. The van der Waals surface area contributed by atoms with Crippen molar-refractivity contribution in [3.8, 4) is 22.3 Å². The Morgan fingerprint density at radius 3 is 1.74 bits per heavy atom. The fourth-order valence-electron chi connectivity index (χ4n) is 7.68. The minimum atomic E-state index is -0.876. The smallest absolute Gasteiger partial charge is 0.167 e. The van der Waals surface area contributed by atoms with Crippen molar-refractivity contribution < 1.29 is 17.6 Å². The number of rotatable bonds is 14. The highest BCUT2D eigenvalue weighted by molar-refractivity contribution is 5.74. The molecule has 1 unspecified atom stereocenters. The minimum Gasteiger partial charge on any atom is -0.203 e. The first-order valence-electron chi connectivity index (χ1n) is 17.8. The van der Waals surface area contributed by atoms with Crippen molar-refractivity contribution in [1.29, 1.82) is 0 Å². The Balaban J connectivity index is 1.20. The molecule has 0 aromatic heterocycles. The molecular weight excluding hydrogens is 580 g/mol. The summed E-state index contributed by atoms with van der Waals surface area (Å²) in [5.41, 5.74) is 2.95. The zero-order valence-corrected chi connectivity index (χ0v) is 27.5. The molecule has 0 aliphatic heterocycles. The van der Waals surface area contributed by atoms with Crippen molar-refractivity contribution in [1.82, 2.24) is 0 Å². The van der Waals surface area contributed by atoms with Gasteiger partial charge in [0.05, 0.1) is 0 Å². The average molecular weight is 631 g/mol. The summed E-state index contributed by atoms with van der Waals surface area (Å²) in [7, 11) is 0. The highest BCUT2D eigenvalue weighted by atomic mass is 19.2. The van der Waals surface area contributed by atoms with Gasteiger partial charge in [-0.05, 0) is 97.8 Å². The van der Waals surface area contributed by atoms with E-state index in [9.17, 15) is 4.39 Å². The van der Waals surface area contributed by atoms with E-state index in [0.717, 1.165) is 44.1 Å². The fourth-order valence-corrected chi connectivity index (χ4v) is 7.68. The van der Waals surface area contributed by atoms with E-state index in [0.29, 0.717) is 46.4 Å². The van der Waals surface area contributed by atoms with Crippen LogP contribution < -0.4 is 0 Å². The molecule has 0 radical (unpaired) electrons. The first-order chi connectivity index (χ1) is 22.4. The molecular formula is C42H50F4. The second-order valence-electron chi connectivity index (χ2n) is 13.7. The van der Waals surface area contributed by atoms with Crippen LogP contribution in [0.4, 0.5) is 17.6 Å². The Hall–Kier alpha value is -3.14. The van der Waals surface area contributed by atoms with Gasteiger partial charge in [-0.15, -0.1) is 6.58 Å². The maximum absolute atomic E-state index is 15.4. The van der Waals surface area contributed by atoms with Crippen LogP contribution in [0.2, 0.25) is 0 Å². The van der Waals surface area contributed by atoms with Gasteiger partial charge in [0.2, 0.25) is 0 Å². The zero-order chi connectivity index (χ0) is 32.5. The molecule has 0 saturated heterocycles. The third-order valence-corrected chi connectivity index (χ3v) is 10.7. The maximum atomic E-state index is 15.4. The largest absolute Gasteiger partial charge is 0.203 e. The second kappa shape index (κ2) is 16.6. The number of aryl methyl sites for hydroxylation is 1. The fraction of sp³-hybridized carbons (Fsp3) is 0.476. The molecule has 0 spiro atoms. The predicted molar refractivity (Wildman–Crippen MR) is 184 cm³/mol. The Morgan fingerprint density at radius 1 is 0.609 bits per heavy atom. The third kappa shape index (κ3) is 8.22. The van der Waals surface area contributed by atoms with Gasteiger partial charge in [-0.2, -0.15) is 0 Å². The molecule has 5 rings (SSSR count). The second-order valence-corrected chi connectivity index (χ2v) is 13.7. The van der Waals surface area contributed by atoms with Gasteiger partial charge in [0.25, 0.3) is 0 Å². The summed E-state index contributed by atoms with van der Waals surface area (Å²) in [4.78, 5) is 0. The third-order valence-electron chi connectivity index (χ3n) is 10.7. The monoisotopic (exact) mass is 630 g/mol. The summed E-state index contributed by atoms with van der Waals surface area (Å²) in [6.07, 6.45) is 21.5. The minimum absolute atomic E-state index is 0.161. The van der Waals surface area contributed by atoms with E-state index in [-0.39, 0.29) is 11.1 Å². The molecule has 3 aromatic carbocycles. The molecule has 0 bridgehead atoms. The molecule has 0 N–H and O–H groups in total. The van der Waals surface area contributed by atoms with Crippen LogP contribution in [0.3, 0.4) is 0 Å². The number of hydrogen-bond acceptors (Lipinski definition) is 0. The topological polar surface area (TPSA) is 0 Å². The van der Waals surface area contributed by atoms with Crippen molar-refractivity contribution in [2.75, 3.05) is 0 Å². The number of benzene rings is 3. The average Bonchev–Trinajstić information content (AvgIpc) is 3.09. The van der Waals surface area contributed by atoms with Crippen molar-refractivity contribution >= 4 is 5.57 Å². The van der Waals surface area contributed by atoms with Crippen LogP contribution in [-0.4, -0.2) is 0 Å². The first-order valence-corrected chi connectivity index (χ1v) is 17.8. The van der Waals surface area contributed by atoms with Gasteiger partial charge in [0, 0.05) is 16.7 Å². The van der Waals surface area contributed by atoms with E-state index in [4.69, 9.17) is 0 Å². The van der Waals surface area contributed by atoms with Gasteiger partial charge in [-0.3, -0.25) is 0 Å². The quantitative estimate of drug-likeness (QED) is 0.0944. The lowest BCUT2D eigenvalue weighted by molar-refractivity contribution is 0.212. The summed E-state index contributed by atoms with van der Waals surface area (Å²) in [5, 5.41) is 0. The molecule has 1 saturated carbocycles. The summed E-state index contributed by atoms with van der Waals surface area (Å²) in [5.74, 6) is -1.39. The molecule has 4 heteroatoms. The van der Waals surface area contributed by atoms with Crippen molar-refractivity contribution in [2.24, 2.45) is 17.8 Å². The van der Waals surface area contributed by atoms with Gasteiger partial charge >= 0.3 is 0 Å². The van der Waals surface area contributed by atoms with Gasteiger partial charge in [0.15, 0.2) is 23.3 Å². The van der Waals surface area contributed by atoms with Crippen LogP contribution in [0.5, 0.6) is 0 Å².